The average molecular weight is 401 g/mol. The maximum Gasteiger partial charge on any atom is 0.410 e. The number of fused-ring (bicyclic) bond motifs is 1. The summed E-state index contributed by atoms with van der Waals surface area (Å²) in [4.78, 5) is 35.7. The highest BCUT2D eigenvalue weighted by Crippen LogP contribution is 2.24. The molecule has 0 aliphatic carbocycles. The number of carbonyl (C=O) groups excluding carboxylic acids is 1. The Morgan fingerprint density at radius 1 is 1.34 bits per heavy atom. The van der Waals surface area contributed by atoms with Gasteiger partial charge in [-0.1, -0.05) is 0 Å². The highest BCUT2D eigenvalue weighted by molar-refractivity contribution is 5.78. The fourth-order valence-corrected chi connectivity index (χ4v) is 3.45. The number of carbonyl (C=O) groups is 1. The molecule has 1 aromatic carbocycles. The zero-order valence-electron chi connectivity index (χ0n) is 17.3. The molecule has 1 saturated heterocycles. The number of piperidine rings is 1. The average Bonchev–Trinajstić information content (AvgIpc) is 2.66. The Morgan fingerprint density at radius 3 is 2.79 bits per heavy atom. The van der Waals surface area contributed by atoms with Crippen LogP contribution in [-0.4, -0.2) is 57.7 Å². The Kier molecular flexibility index (Phi) is 5.86. The van der Waals surface area contributed by atoms with Crippen LogP contribution in [-0.2, 0) is 4.74 Å². The van der Waals surface area contributed by atoms with Crippen LogP contribution in [0.15, 0.2) is 24.4 Å². The molecule has 1 aliphatic rings. The van der Waals surface area contributed by atoms with Crippen LogP contribution in [0.1, 0.15) is 40.0 Å². The Hall–Kier alpha value is -2.97. The number of ether oxygens (including phenoxy) is 1. The summed E-state index contributed by atoms with van der Waals surface area (Å²) in [6.45, 7) is 6.88. The molecule has 2 heterocycles. The predicted molar refractivity (Wildman–Crippen MR) is 110 cm³/mol. The molecule has 1 aromatic heterocycles. The summed E-state index contributed by atoms with van der Waals surface area (Å²) in [6.07, 6.45) is 4.25. The second-order valence-corrected chi connectivity index (χ2v) is 8.36. The monoisotopic (exact) mass is 401 g/mol. The van der Waals surface area contributed by atoms with Crippen LogP contribution in [0.3, 0.4) is 0 Å². The van der Waals surface area contributed by atoms with Gasteiger partial charge in [-0.15, -0.1) is 0 Å². The van der Waals surface area contributed by atoms with Crippen molar-refractivity contribution in [3.05, 3.63) is 34.5 Å². The first-order chi connectivity index (χ1) is 13.6. The van der Waals surface area contributed by atoms with Gasteiger partial charge in [0, 0.05) is 32.3 Å². The smallest absolute Gasteiger partial charge is 0.410 e. The molecule has 0 N–H and O–H groups in total. The number of aromatic nitrogens is 2. The number of non-ortho nitro benzene ring substituents is 1. The number of anilines is 1. The van der Waals surface area contributed by atoms with Gasteiger partial charge in [-0.3, -0.25) is 15.1 Å². The van der Waals surface area contributed by atoms with Gasteiger partial charge in [-0.25, -0.2) is 9.78 Å². The minimum atomic E-state index is -0.530. The number of nitro benzene ring substituents is 1. The van der Waals surface area contributed by atoms with E-state index in [4.69, 9.17) is 4.74 Å². The van der Waals surface area contributed by atoms with E-state index < -0.39 is 10.5 Å². The highest BCUT2D eigenvalue weighted by Gasteiger charge is 2.31. The van der Waals surface area contributed by atoms with Gasteiger partial charge in [0.1, 0.15) is 11.4 Å². The predicted octanol–water partition coefficient (Wildman–Crippen LogP) is 3.76. The van der Waals surface area contributed by atoms with Crippen LogP contribution in [0, 0.1) is 10.1 Å². The molecule has 1 aliphatic heterocycles. The summed E-state index contributed by atoms with van der Waals surface area (Å²) < 4.78 is 5.57. The third-order valence-electron chi connectivity index (χ3n) is 4.85. The summed E-state index contributed by atoms with van der Waals surface area (Å²) in [6, 6.07) is 4.47. The lowest BCUT2D eigenvalue weighted by molar-refractivity contribution is -0.384. The molecule has 9 nitrogen and oxygen atoms in total. The number of hydrogen-bond acceptors (Lipinski definition) is 7. The SMILES string of the molecule is CN(CC1CCCCN1C(=O)OC(C)(C)C)c1cnc2cc([N+](=O)[O-])ccc2n1. The number of likely N-dealkylation sites (N-methyl/N-ethyl adjacent to an activating group) is 1. The second-order valence-electron chi connectivity index (χ2n) is 8.36. The maximum absolute atomic E-state index is 12.6. The number of hydrogen-bond donors (Lipinski definition) is 0. The van der Waals surface area contributed by atoms with E-state index in [0.717, 1.165) is 19.3 Å². The normalized spacial score (nSPS) is 17.2. The van der Waals surface area contributed by atoms with Crippen LogP contribution in [0.25, 0.3) is 11.0 Å². The quantitative estimate of drug-likeness (QED) is 0.568. The van der Waals surface area contributed by atoms with Gasteiger partial charge in [-0.05, 0) is 46.1 Å². The first-order valence-electron chi connectivity index (χ1n) is 9.76. The molecule has 3 rings (SSSR count). The summed E-state index contributed by atoms with van der Waals surface area (Å²) >= 11 is 0. The lowest BCUT2D eigenvalue weighted by Crippen LogP contribution is -2.50. The van der Waals surface area contributed by atoms with Gasteiger partial charge in [0.2, 0.25) is 0 Å². The zero-order chi connectivity index (χ0) is 21.2. The van der Waals surface area contributed by atoms with Crippen molar-refractivity contribution in [2.75, 3.05) is 25.0 Å². The summed E-state index contributed by atoms with van der Waals surface area (Å²) in [5.74, 6) is 0.654. The highest BCUT2D eigenvalue weighted by atomic mass is 16.6. The first kappa shape index (κ1) is 20.8. The number of nitrogens with zero attached hydrogens (tertiary/aromatic N) is 5. The molecule has 0 radical (unpaired) electrons. The molecule has 1 atom stereocenters. The van der Waals surface area contributed by atoms with E-state index in [1.54, 1.807) is 12.3 Å². The molecular formula is C20H27N5O4. The van der Waals surface area contributed by atoms with Gasteiger partial charge in [0.05, 0.1) is 28.2 Å². The van der Waals surface area contributed by atoms with Crippen molar-refractivity contribution in [3.8, 4) is 0 Å². The Morgan fingerprint density at radius 2 is 2.10 bits per heavy atom. The summed E-state index contributed by atoms with van der Waals surface area (Å²) in [7, 11) is 1.91. The Labute approximate surface area is 169 Å². The minimum Gasteiger partial charge on any atom is -0.444 e. The van der Waals surface area contributed by atoms with E-state index in [1.807, 2.05) is 37.6 Å². The fraction of sp³-hybridized carbons (Fsp3) is 0.550. The molecule has 0 bridgehead atoms. The van der Waals surface area contributed by atoms with Crippen molar-refractivity contribution in [1.29, 1.82) is 0 Å². The third kappa shape index (κ3) is 5.10. The van der Waals surface area contributed by atoms with Gasteiger partial charge in [0.15, 0.2) is 0 Å². The van der Waals surface area contributed by atoms with E-state index in [2.05, 4.69) is 9.97 Å². The molecule has 1 fully saturated rings. The van der Waals surface area contributed by atoms with Crippen LogP contribution < -0.4 is 4.90 Å². The van der Waals surface area contributed by atoms with Crippen molar-refractivity contribution >= 4 is 28.6 Å². The lowest BCUT2D eigenvalue weighted by atomic mass is 10.0. The summed E-state index contributed by atoms with van der Waals surface area (Å²) in [5, 5.41) is 10.9. The molecule has 1 unspecified atom stereocenters. The van der Waals surface area contributed by atoms with Crippen molar-refractivity contribution in [1.82, 2.24) is 14.9 Å². The number of amides is 1. The number of likely N-dealkylation sites (tertiary alicyclic amines) is 1. The Balaban J connectivity index is 1.75. The van der Waals surface area contributed by atoms with E-state index in [1.165, 1.54) is 12.1 Å². The molecular weight excluding hydrogens is 374 g/mol. The standard InChI is InChI=1S/C20H27N5O4/c1-20(2,3)29-19(26)24-10-6-5-7-15(24)13-23(4)18-12-21-17-11-14(25(27)28)8-9-16(17)22-18/h8-9,11-12,15H,5-7,10,13H2,1-4H3. The van der Waals surface area contributed by atoms with Gasteiger partial charge in [0.25, 0.3) is 5.69 Å². The number of rotatable bonds is 4. The third-order valence-corrected chi connectivity index (χ3v) is 4.85. The second kappa shape index (κ2) is 8.18. The number of benzene rings is 1. The van der Waals surface area contributed by atoms with E-state index in [-0.39, 0.29) is 17.8 Å². The summed E-state index contributed by atoms with van der Waals surface area (Å²) in [5.41, 5.74) is 0.525. The van der Waals surface area contributed by atoms with E-state index in [0.29, 0.717) is 29.9 Å². The molecule has 2 aromatic rings. The number of nitro groups is 1. The topological polar surface area (TPSA) is 102 Å². The van der Waals surface area contributed by atoms with Crippen molar-refractivity contribution in [2.45, 2.75) is 51.7 Å². The van der Waals surface area contributed by atoms with Crippen LogP contribution in [0.2, 0.25) is 0 Å². The first-order valence-corrected chi connectivity index (χ1v) is 9.76. The van der Waals surface area contributed by atoms with E-state index in [9.17, 15) is 14.9 Å². The molecule has 156 valence electrons. The Bertz CT molecular complexity index is 911. The molecule has 0 saturated carbocycles. The van der Waals surface area contributed by atoms with Crippen molar-refractivity contribution in [2.24, 2.45) is 0 Å². The fourth-order valence-electron chi connectivity index (χ4n) is 3.45. The van der Waals surface area contributed by atoms with Crippen molar-refractivity contribution in [3.63, 3.8) is 0 Å². The molecule has 1 amide bonds. The molecule has 9 heteroatoms. The molecule has 0 spiro atoms. The van der Waals surface area contributed by atoms with Gasteiger partial charge < -0.3 is 14.5 Å². The van der Waals surface area contributed by atoms with Gasteiger partial charge >= 0.3 is 6.09 Å². The zero-order valence-corrected chi connectivity index (χ0v) is 17.3. The molecule has 29 heavy (non-hydrogen) atoms. The van der Waals surface area contributed by atoms with Crippen LogP contribution >= 0.6 is 0 Å². The van der Waals surface area contributed by atoms with E-state index >= 15 is 0 Å². The lowest BCUT2D eigenvalue weighted by Gasteiger charge is -2.38. The largest absolute Gasteiger partial charge is 0.444 e. The van der Waals surface area contributed by atoms with Crippen molar-refractivity contribution < 1.29 is 14.5 Å². The van der Waals surface area contributed by atoms with Crippen LogP contribution in [0.4, 0.5) is 16.3 Å². The van der Waals surface area contributed by atoms with Gasteiger partial charge in [-0.2, -0.15) is 0 Å². The maximum atomic E-state index is 12.6. The van der Waals surface area contributed by atoms with Crippen LogP contribution in [0.5, 0.6) is 0 Å². The minimum absolute atomic E-state index is 0.0110.